The van der Waals surface area contributed by atoms with Crippen molar-refractivity contribution in [3.8, 4) is 11.5 Å². The first-order valence-electron chi connectivity index (χ1n) is 8.70. The number of phenols is 1. The van der Waals surface area contributed by atoms with Gasteiger partial charge in [-0.05, 0) is 36.8 Å². The highest BCUT2D eigenvalue weighted by atomic mass is 16.5. The monoisotopic (exact) mass is 340 g/mol. The second-order valence-electron chi connectivity index (χ2n) is 6.11. The SMILES string of the molecule is CCOc1ccccc1N1CCN(C(=O)Cc2ccc(O)cc2)CC1. The lowest BCUT2D eigenvalue weighted by Crippen LogP contribution is -2.49. The normalized spacial score (nSPS) is 14.4. The largest absolute Gasteiger partial charge is 0.508 e. The standard InChI is InChI=1S/C20H24N2O3/c1-2-25-19-6-4-3-5-18(19)21-11-13-22(14-12-21)20(24)15-16-7-9-17(23)10-8-16/h3-10,23H,2,11-15H2,1H3. The molecule has 25 heavy (non-hydrogen) atoms. The maximum Gasteiger partial charge on any atom is 0.227 e. The zero-order valence-corrected chi connectivity index (χ0v) is 14.5. The molecule has 0 aromatic heterocycles. The molecule has 1 aliphatic heterocycles. The molecule has 1 heterocycles. The second-order valence-corrected chi connectivity index (χ2v) is 6.11. The van der Waals surface area contributed by atoms with Crippen molar-refractivity contribution in [2.45, 2.75) is 13.3 Å². The summed E-state index contributed by atoms with van der Waals surface area (Å²) in [5.41, 5.74) is 2.02. The van der Waals surface area contributed by atoms with Crippen LogP contribution in [0.4, 0.5) is 5.69 Å². The number of rotatable bonds is 5. The Morgan fingerprint density at radius 2 is 1.72 bits per heavy atom. The number of anilines is 1. The molecule has 0 unspecified atom stereocenters. The molecule has 1 fully saturated rings. The summed E-state index contributed by atoms with van der Waals surface area (Å²) in [5, 5.41) is 9.33. The van der Waals surface area contributed by atoms with Crippen LogP contribution in [0.2, 0.25) is 0 Å². The highest BCUT2D eigenvalue weighted by molar-refractivity contribution is 5.79. The van der Waals surface area contributed by atoms with Crippen LogP contribution in [0, 0.1) is 0 Å². The molecule has 3 rings (SSSR count). The summed E-state index contributed by atoms with van der Waals surface area (Å²) in [6.07, 6.45) is 0.371. The number of carbonyl (C=O) groups excluding carboxylic acids is 1. The lowest BCUT2D eigenvalue weighted by molar-refractivity contribution is -0.130. The van der Waals surface area contributed by atoms with E-state index in [0.29, 0.717) is 26.1 Å². The molecule has 132 valence electrons. The molecule has 1 N–H and O–H groups in total. The Balaban J connectivity index is 1.58. The fourth-order valence-corrected chi connectivity index (χ4v) is 3.09. The first kappa shape index (κ1) is 17.1. The maximum absolute atomic E-state index is 12.5. The van der Waals surface area contributed by atoms with E-state index >= 15 is 0 Å². The first-order valence-corrected chi connectivity index (χ1v) is 8.70. The zero-order chi connectivity index (χ0) is 17.6. The van der Waals surface area contributed by atoms with Crippen LogP contribution in [0.1, 0.15) is 12.5 Å². The molecule has 5 nitrogen and oxygen atoms in total. The van der Waals surface area contributed by atoms with Gasteiger partial charge in [0.1, 0.15) is 11.5 Å². The van der Waals surface area contributed by atoms with E-state index in [2.05, 4.69) is 11.0 Å². The Bertz CT molecular complexity index is 707. The number of amides is 1. The number of hydrogen-bond acceptors (Lipinski definition) is 4. The third-order valence-electron chi connectivity index (χ3n) is 4.43. The van der Waals surface area contributed by atoms with Crippen LogP contribution in [0.3, 0.4) is 0 Å². The number of benzene rings is 2. The number of para-hydroxylation sites is 2. The third kappa shape index (κ3) is 4.24. The van der Waals surface area contributed by atoms with E-state index in [-0.39, 0.29) is 11.7 Å². The van der Waals surface area contributed by atoms with Crippen LogP contribution in [-0.4, -0.2) is 48.7 Å². The summed E-state index contributed by atoms with van der Waals surface area (Å²) in [4.78, 5) is 16.7. The molecule has 0 saturated carbocycles. The number of piperazine rings is 1. The van der Waals surface area contributed by atoms with Crippen LogP contribution in [0.5, 0.6) is 11.5 Å². The van der Waals surface area contributed by atoms with Crippen molar-refractivity contribution in [1.82, 2.24) is 4.90 Å². The second kappa shape index (κ2) is 7.92. The molecule has 0 spiro atoms. The molecular formula is C20H24N2O3. The van der Waals surface area contributed by atoms with Gasteiger partial charge in [0, 0.05) is 26.2 Å². The van der Waals surface area contributed by atoms with Gasteiger partial charge in [-0.15, -0.1) is 0 Å². The summed E-state index contributed by atoms with van der Waals surface area (Å²) < 4.78 is 5.71. The average molecular weight is 340 g/mol. The minimum Gasteiger partial charge on any atom is -0.508 e. The molecule has 0 aliphatic carbocycles. The molecule has 1 aliphatic rings. The molecule has 1 amide bonds. The van der Waals surface area contributed by atoms with Crippen LogP contribution in [0.15, 0.2) is 48.5 Å². The summed E-state index contributed by atoms with van der Waals surface area (Å²) in [7, 11) is 0. The lowest BCUT2D eigenvalue weighted by Gasteiger charge is -2.36. The molecular weight excluding hydrogens is 316 g/mol. The predicted molar refractivity (Wildman–Crippen MR) is 98.2 cm³/mol. The average Bonchev–Trinajstić information content (AvgIpc) is 2.64. The van der Waals surface area contributed by atoms with E-state index in [4.69, 9.17) is 4.74 Å². The van der Waals surface area contributed by atoms with Crippen molar-refractivity contribution in [3.05, 3.63) is 54.1 Å². The predicted octanol–water partition coefficient (Wildman–Crippen LogP) is 2.68. The van der Waals surface area contributed by atoms with E-state index in [0.717, 1.165) is 30.1 Å². The molecule has 2 aromatic carbocycles. The van der Waals surface area contributed by atoms with E-state index in [1.54, 1.807) is 24.3 Å². The highest BCUT2D eigenvalue weighted by Gasteiger charge is 2.22. The quantitative estimate of drug-likeness (QED) is 0.909. The Labute approximate surface area is 148 Å². The van der Waals surface area contributed by atoms with Crippen LogP contribution in [0.25, 0.3) is 0 Å². The summed E-state index contributed by atoms with van der Waals surface area (Å²) >= 11 is 0. The van der Waals surface area contributed by atoms with Crippen molar-refractivity contribution in [2.75, 3.05) is 37.7 Å². The van der Waals surface area contributed by atoms with Gasteiger partial charge < -0.3 is 19.6 Å². The molecule has 0 radical (unpaired) electrons. The van der Waals surface area contributed by atoms with Crippen molar-refractivity contribution in [3.63, 3.8) is 0 Å². The number of hydrogen-bond donors (Lipinski definition) is 1. The van der Waals surface area contributed by atoms with Crippen LogP contribution >= 0.6 is 0 Å². The zero-order valence-electron chi connectivity index (χ0n) is 14.5. The van der Waals surface area contributed by atoms with Gasteiger partial charge in [0.05, 0.1) is 18.7 Å². The number of phenolic OH excluding ortho intramolecular Hbond substituents is 1. The summed E-state index contributed by atoms with van der Waals surface area (Å²) in [6, 6.07) is 14.9. The van der Waals surface area contributed by atoms with Crippen molar-refractivity contribution in [2.24, 2.45) is 0 Å². The van der Waals surface area contributed by atoms with E-state index in [1.807, 2.05) is 30.0 Å². The third-order valence-corrected chi connectivity index (χ3v) is 4.43. The van der Waals surface area contributed by atoms with E-state index in [9.17, 15) is 9.90 Å². The number of nitrogens with zero attached hydrogens (tertiary/aromatic N) is 2. The fraction of sp³-hybridized carbons (Fsp3) is 0.350. The topological polar surface area (TPSA) is 53.0 Å². The van der Waals surface area contributed by atoms with Gasteiger partial charge in [-0.2, -0.15) is 0 Å². The Morgan fingerprint density at radius 1 is 1.04 bits per heavy atom. The Kier molecular flexibility index (Phi) is 5.43. The summed E-state index contributed by atoms with van der Waals surface area (Å²) in [6.45, 7) is 5.63. The molecule has 0 atom stereocenters. The Morgan fingerprint density at radius 3 is 2.40 bits per heavy atom. The van der Waals surface area contributed by atoms with Gasteiger partial charge >= 0.3 is 0 Å². The van der Waals surface area contributed by atoms with Gasteiger partial charge in [0.25, 0.3) is 0 Å². The van der Waals surface area contributed by atoms with Gasteiger partial charge in [0.2, 0.25) is 5.91 Å². The first-order chi connectivity index (χ1) is 12.2. The number of carbonyl (C=O) groups is 1. The number of aromatic hydroxyl groups is 1. The van der Waals surface area contributed by atoms with Crippen molar-refractivity contribution < 1.29 is 14.6 Å². The van der Waals surface area contributed by atoms with E-state index in [1.165, 1.54) is 0 Å². The minimum atomic E-state index is 0.128. The van der Waals surface area contributed by atoms with Crippen molar-refractivity contribution >= 4 is 11.6 Å². The van der Waals surface area contributed by atoms with Gasteiger partial charge in [-0.3, -0.25) is 4.79 Å². The minimum absolute atomic E-state index is 0.128. The highest BCUT2D eigenvalue weighted by Crippen LogP contribution is 2.28. The van der Waals surface area contributed by atoms with E-state index < -0.39 is 0 Å². The molecule has 2 aromatic rings. The van der Waals surface area contributed by atoms with Gasteiger partial charge in [-0.1, -0.05) is 24.3 Å². The van der Waals surface area contributed by atoms with Gasteiger partial charge in [-0.25, -0.2) is 0 Å². The fourth-order valence-electron chi connectivity index (χ4n) is 3.09. The van der Waals surface area contributed by atoms with Crippen molar-refractivity contribution in [1.29, 1.82) is 0 Å². The smallest absolute Gasteiger partial charge is 0.227 e. The molecule has 0 bridgehead atoms. The summed E-state index contributed by atoms with van der Waals surface area (Å²) in [5.74, 6) is 1.25. The molecule has 5 heteroatoms. The maximum atomic E-state index is 12.5. The van der Waals surface area contributed by atoms with Crippen LogP contribution < -0.4 is 9.64 Å². The van der Waals surface area contributed by atoms with Gasteiger partial charge in [0.15, 0.2) is 0 Å². The number of ether oxygens (including phenoxy) is 1. The van der Waals surface area contributed by atoms with Crippen LogP contribution in [-0.2, 0) is 11.2 Å². The lowest BCUT2D eigenvalue weighted by atomic mass is 10.1. The molecule has 1 saturated heterocycles. The Hall–Kier alpha value is -2.69.